The normalized spacial score (nSPS) is 13.1. The quantitative estimate of drug-likeness (QED) is 0.675. The zero-order valence-electron chi connectivity index (χ0n) is 13.3. The topological polar surface area (TPSA) is 55.4 Å². The first kappa shape index (κ1) is 18.0. The highest BCUT2D eigenvalue weighted by Crippen LogP contribution is 2.27. The van der Waals surface area contributed by atoms with Gasteiger partial charge in [0.15, 0.2) is 0 Å². The number of hydrogen-bond acceptors (Lipinski definition) is 4. The summed E-state index contributed by atoms with van der Waals surface area (Å²) >= 11 is 0. The van der Waals surface area contributed by atoms with E-state index in [9.17, 15) is 8.42 Å². The van der Waals surface area contributed by atoms with Crippen LogP contribution in [0, 0.1) is 0 Å². The molecule has 0 fully saturated rings. The average Bonchev–Trinajstić information content (AvgIpc) is 2.44. The van der Waals surface area contributed by atoms with Crippen molar-refractivity contribution in [2.24, 2.45) is 0 Å². The van der Waals surface area contributed by atoms with E-state index < -0.39 is 9.84 Å². The van der Waals surface area contributed by atoms with Crippen molar-refractivity contribution in [3.63, 3.8) is 0 Å². The van der Waals surface area contributed by atoms with Gasteiger partial charge in [0.25, 0.3) is 0 Å². The summed E-state index contributed by atoms with van der Waals surface area (Å²) in [5.41, 5.74) is 1.15. The SMILES string of the molecule is CCCNC(CC)c1ccccc1OCCCS(C)(=O)=O. The van der Waals surface area contributed by atoms with E-state index in [1.54, 1.807) is 0 Å². The summed E-state index contributed by atoms with van der Waals surface area (Å²) in [4.78, 5) is 0. The van der Waals surface area contributed by atoms with E-state index in [2.05, 4.69) is 25.2 Å². The fraction of sp³-hybridized carbons (Fsp3) is 0.625. The second-order valence-electron chi connectivity index (χ2n) is 5.28. The van der Waals surface area contributed by atoms with Gasteiger partial charge in [-0.15, -0.1) is 0 Å². The summed E-state index contributed by atoms with van der Waals surface area (Å²) in [6, 6.07) is 8.25. The van der Waals surface area contributed by atoms with Gasteiger partial charge in [-0.25, -0.2) is 8.42 Å². The van der Waals surface area contributed by atoms with Gasteiger partial charge < -0.3 is 10.1 Å². The van der Waals surface area contributed by atoms with Gasteiger partial charge in [0.05, 0.1) is 12.4 Å². The fourth-order valence-corrected chi connectivity index (χ4v) is 2.84. The lowest BCUT2D eigenvalue weighted by Gasteiger charge is -2.20. The Labute approximate surface area is 128 Å². The molecular weight excluding hydrogens is 286 g/mol. The minimum Gasteiger partial charge on any atom is -0.493 e. The Bertz CT molecular complexity index is 514. The highest BCUT2D eigenvalue weighted by atomic mass is 32.2. The van der Waals surface area contributed by atoms with E-state index in [0.29, 0.717) is 13.0 Å². The lowest BCUT2D eigenvalue weighted by molar-refractivity contribution is 0.309. The van der Waals surface area contributed by atoms with Crippen molar-refractivity contribution >= 4 is 9.84 Å². The number of nitrogens with one attached hydrogen (secondary N) is 1. The summed E-state index contributed by atoms with van der Waals surface area (Å²) in [7, 11) is -2.91. The Morgan fingerprint density at radius 2 is 1.95 bits per heavy atom. The Balaban J connectivity index is 2.65. The van der Waals surface area contributed by atoms with Crippen molar-refractivity contribution in [1.29, 1.82) is 0 Å². The molecule has 1 aromatic carbocycles. The molecule has 4 nitrogen and oxygen atoms in total. The molecule has 5 heteroatoms. The molecule has 0 aliphatic carbocycles. The summed E-state index contributed by atoms with van der Waals surface area (Å²) < 4.78 is 28.0. The van der Waals surface area contributed by atoms with E-state index in [1.807, 2.05) is 18.2 Å². The molecule has 1 aromatic rings. The van der Waals surface area contributed by atoms with Crippen LogP contribution in [-0.2, 0) is 9.84 Å². The van der Waals surface area contributed by atoms with Gasteiger partial charge in [-0.2, -0.15) is 0 Å². The predicted molar refractivity (Wildman–Crippen MR) is 87.6 cm³/mol. The zero-order valence-corrected chi connectivity index (χ0v) is 14.1. The third-order valence-corrected chi connectivity index (χ3v) is 4.29. The number of ether oxygens (including phenoxy) is 1. The first-order chi connectivity index (χ1) is 9.98. The van der Waals surface area contributed by atoms with Crippen molar-refractivity contribution in [1.82, 2.24) is 5.32 Å². The molecule has 1 atom stereocenters. The van der Waals surface area contributed by atoms with Gasteiger partial charge in [-0.1, -0.05) is 32.0 Å². The molecule has 1 rings (SSSR count). The summed E-state index contributed by atoms with van der Waals surface area (Å²) in [5.74, 6) is 1.02. The van der Waals surface area contributed by atoms with E-state index in [-0.39, 0.29) is 11.8 Å². The number of sulfone groups is 1. The Hall–Kier alpha value is -1.07. The first-order valence-electron chi connectivity index (χ1n) is 7.60. The van der Waals surface area contributed by atoms with Crippen molar-refractivity contribution in [3.05, 3.63) is 29.8 Å². The molecule has 0 saturated carbocycles. The van der Waals surface area contributed by atoms with Crippen LogP contribution in [0.4, 0.5) is 0 Å². The Morgan fingerprint density at radius 3 is 2.57 bits per heavy atom. The van der Waals surface area contributed by atoms with Crippen LogP contribution in [0.2, 0.25) is 0 Å². The van der Waals surface area contributed by atoms with Gasteiger partial charge in [0.1, 0.15) is 15.6 Å². The van der Waals surface area contributed by atoms with Crippen LogP contribution in [0.1, 0.15) is 44.7 Å². The molecule has 1 unspecified atom stereocenters. The van der Waals surface area contributed by atoms with Gasteiger partial charge >= 0.3 is 0 Å². The van der Waals surface area contributed by atoms with Gasteiger partial charge in [0.2, 0.25) is 0 Å². The molecule has 0 saturated heterocycles. The maximum Gasteiger partial charge on any atom is 0.147 e. The van der Waals surface area contributed by atoms with Crippen LogP contribution < -0.4 is 10.1 Å². The van der Waals surface area contributed by atoms with E-state index in [4.69, 9.17) is 4.74 Å². The number of hydrogen-bond donors (Lipinski definition) is 1. The van der Waals surface area contributed by atoms with Crippen LogP contribution in [-0.4, -0.2) is 33.6 Å². The molecule has 0 aliphatic heterocycles. The van der Waals surface area contributed by atoms with Crippen molar-refractivity contribution in [2.45, 2.75) is 39.2 Å². The standard InChI is InChI=1S/C16H27NO3S/c1-4-11-17-15(5-2)14-9-6-7-10-16(14)20-12-8-13-21(3,18)19/h6-7,9-10,15,17H,4-5,8,11-13H2,1-3H3. The molecule has 21 heavy (non-hydrogen) atoms. The van der Waals surface area contributed by atoms with E-state index in [0.717, 1.165) is 30.7 Å². The summed E-state index contributed by atoms with van der Waals surface area (Å²) in [5, 5.41) is 3.51. The highest BCUT2D eigenvalue weighted by Gasteiger charge is 2.13. The smallest absolute Gasteiger partial charge is 0.147 e. The largest absolute Gasteiger partial charge is 0.493 e. The van der Waals surface area contributed by atoms with Gasteiger partial charge in [-0.3, -0.25) is 0 Å². The Kier molecular flexibility index (Phi) is 7.75. The van der Waals surface area contributed by atoms with Crippen molar-refractivity contribution < 1.29 is 13.2 Å². The van der Waals surface area contributed by atoms with Crippen LogP contribution in [0.25, 0.3) is 0 Å². The minimum absolute atomic E-state index is 0.167. The maximum atomic E-state index is 11.1. The number of rotatable bonds is 10. The molecule has 0 aliphatic rings. The number of benzene rings is 1. The van der Waals surface area contributed by atoms with Crippen LogP contribution >= 0.6 is 0 Å². The molecule has 0 spiro atoms. The van der Waals surface area contributed by atoms with Crippen LogP contribution in [0.5, 0.6) is 5.75 Å². The third kappa shape index (κ3) is 6.96. The molecule has 0 radical (unpaired) electrons. The molecule has 0 bridgehead atoms. The van der Waals surface area contributed by atoms with Crippen LogP contribution in [0.3, 0.4) is 0 Å². The molecule has 0 amide bonds. The zero-order chi connectivity index (χ0) is 15.7. The van der Waals surface area contributed by atoms with E-state index >= 15 is 0 Å². The van der Waals surface area contributed by atoms with Crippen LogP contribution in [0.15, 0.2) is 24.3 Å². The summed E-state index contributed by atoms with van der Waals surface area (Å²) in [6.45, 7) is 5.69. The predicted octanol–water partition coefficient (Wildman–Crippen LogP) is 2.95. The van der Waals surface area contributed by atoms with E-state index in [1.165, 1.54) is 6.26 Å². The number of para-hydroxylation sites is 1. The molecular formula is C16H27NO3S. The van der Waals surface area contributed by atoms with Gasteiger partial charge in [-0.05, 0) is 31.9 Å². The average molecular weight is 313 g/mol. The molecule has 0 heterocycles. The molecule has 0 aromatic heterocycles. The second-order valence-corrected chi connectivity index (χ2v) is 7.54. The monoisotopic (exact) mass is 313 g/mol. The fourth-order valence-electron chi connectivity index (χ4n) is 2.20. The minimum atomic E-state index is -2.91. The third-order valence-electron chi connectivity index (χ3n) is 3.26. The van der Waals surface area contributed by atoms with Gasteiger partial charge in [0, 0.05) is 17.9 Å². The van der Waals surface area contributed by atoms with Crippen molar-refractivity contribution in [3.8, 4) is 5.75 Å². The Morgan fingerprint density at radius 1 is 1.24 bits per heavy atom. The second kappa shape index (κ2) is 9.05. The molecule has 1 N–H and O–H groups in total. The lowest BCUT2D eigenvalue weighted by atomic mass is 10.0. The first-order valence-corrected chi connectivity index (χ1v) is 9.66. The summed E-state index contributed by atoms with van der Waals surface area (Å²) in [6.07, 6.45) is 3.85. The molecule has 120 valence electrons. The lowest BCUT2D eigenvalue weighted by Crippen LogP contribution is -2.22. The highest BCUT2D eigenvalue weighted by molar-refractivity contribution is 7.90. The maximum absolute atomic E-state index is 11.1. The van der Waals surface area contributed by atoms with Crippen molar-refractivity contribution in [2.75, 3.05) is 25.2 Å².